The highest BCUT2D eigenvalue weighted by Crippen LogP contribution is 2.43. The Morgan fingerprint density at radius 2 is 1.91 bits per heavy atom. The Morgan fingerprint density at radius 3 is 2.50 bits per heavy atom. The van der Waals surface area contributed by atoms with Crippen molar-refractivity contribution in [3.63, 3.8) is 0 Å². The molecule has 1 unspecified atom stereocenters. The first kappa shape index (κ1) is 24.8. The van der Waals surface area contributed by atoms with E-state index >= 15 is 0 Å². The van der Waals surface area contributed by atoms with Crippen LogP contribution >= 0.6 is 34.8 Å². The SMILES string of the molecule is CC(CO)Nc1ncc2nc(Nc3c(Cl)cc(Cl)cc3Cl)n(C3CCC(C)(C(N)=O)CC3)c2n1. The molecule has 1 saturated carbocycles. The van der Waals surface area contributed by atoms with E-state index in [1.807, 2.05) is 18.4 Å². The molecule has 0 aliphatic heterocycles. The lowest BCUT2D eigenvalue weighted by molar-refractivity contribution is -0.128. The molecule has 0 radical (unpaired) electrons. The number of nitrogens with two attached hydrogens (primary N) is 1. The number of nitrogens with zero attached hydrogens (tertiary/aromatic N) is 4. The number of aliphatic hydroxyl groups excluding tert-OH is 1. The summed E-state index contributed by atoms with van der Waals surface area (Å²) < 4.78 is 1.99. The van der Waals surface area contributed by atoms with Crippen LogP contribution in [0.4, 0.5) is 17.6 Å². The minimum atomic E-state index is -0.540. The number of amides is 1. The van der Waals surface area contributed by atoms with Gasteiger partial charge in [0.05, 0.1) is 28.5 Å². The minimum absolute atomic E-state index is 0.00258. The van der Waals surface area contributed by atoms with Gasteiger partial charge in [-0.1, -0.05) is 41.7 Å². The van der Waals surface area contributed by atoms with Crippen molar-refractivity contribution in [2.24, 2.45) is 11.1 Å². The van der Waals surface area contributed by atoms with Crippen LogP contribution in [0.5, 0.6) is 0 Å². The second-order valence-corrected chi connectivity index (χ2v) is 10.2. The predicted octanol–water partition coefficient (Wildman–Crippen LogP) is 4.93. The quantitative estimate of drug-likeness (QED) is 0.343. The number of fused-ring (bicyclic) bond motifs is 1. The third-order valence-electron chi connectivity index (χ3n) is 6.34. The van der Waals surface area contributed by atoms with Crippen LogP contribution in [0.1, 0.15) is 45.6 Å². The number of carbonyl (C=O) groups excluding carboxylic acids is 1. The van der Waals surface area contributed by atoms with Gasteiger partial charge < -0.3 is 21.5 Å². The normalized spacial score (nSPS) is 21.4. The number of anilines is 3. The van der Waals surface area contributed by atoms with E-state index in [-0.39, 0.29) is 24.6 Å². The van der Waals surface area contributed by atoms with E-state index in [1.54, 1.807) is 18.3 Å². The van der Waals surface area contributed by atoms with Gasteiger partial charge in [-0.3, -0.25) is 9.36 Å². The molecule has 5 N–H and O–H groups in total. The molecule has 4 rings (SSSR count). The molecule has 0 spiro atoms. The Morgan fingerprint density at radius 1 is 1.26 bits per heavy atom. The van der Waals surface area contributed by atoms with Crippen molar-refractivity contribution in [1.29, 1.82) is 0 Å². The van der Waals surface area contributed by atoms with Crippen molar-refractivity contribution in [2.75, 3.05) is 17.2 Å². The molecule has 0 bridgehead atoms. The first-order valence-electron chi connectivity index (χ1n) is 10.9. The van der Waals surface area contributed by atoms with Gasteiger partial charge in [0.15, 0.2) is 5.65 Å². The smallest absolute Gasteiger partial charge is 0.225 e. The molecule has 2 heterocycles. The van der Waals surface area contributed by atoms with Crippen LogP contribution in [0.15, 0.2) is 18.3 Å². The van der Waals surface area contributed by atoms with E-state index in [0.717, 1.165) is 0 Å². The zero-order valence-corrected chi connectivity index (χ0v) is 21.0. The van der Waals surface area contributed by atoms with E-state index in [0.29, 0.717) is 69.5 Å². The number of imidazole rings is 1. The summed E-state index contributed by atoms with van der Waals surface area (Å²) in [6.45, 7) is 3.67. The maximum absolute atomic E-state index is 12.0. The third kappa shape index (κ3) is 4.88. The zero-order chi connectivity index (χ0) is 24.6. The topological polar surface area (TPSA) is 131 Å². The Bertz CT molecular complexity index is 1200. The summed E-state index contributed by atoms with van der Waals surface area (Å²) in [5, 5.41) is 16.8. The van der Waals surface area contributed by atoms with Crippen molar-refractivity contribution < 1.29 is 9.90 Å². The lowest BCUT2D eigenvalue weighted by Gasteiger charge is -2.35. The highest BCUT2D eigenvalue weighted by molar-refractivity contribution is 6.41. The molecular weight excluding hydrogens is 501 g/mol. The summed E-state index contributed by atoms with van der Waals surface area (Å²) in [6.07, 6.45) is 4.33. The van der Waals surface area contributed by atoms with Crippen molar-refractivity contribution in [1.82, 2.24) is 19.5 Å². The molecule has 1 aromatic carbocycles. The zero-order valence-electron chi connectivity index (χ0n) is 18.8. The molecule has 34 heavy (non-hydrogen) atoms. The summed E-state index contributed by atoms with van der Waals surface area (Å²) in [7, 11) is 0. The molecule has 12 heteroatoms. The van der Waals surface area contributed by atoms with E-state index in [9.17, 15) is 9.90 Å². The van der Waals surface area contributed by atoms with Gasteiger partial charge in [0.25, 0.3) is 0 Å². The molecule has 1 aliphatic rings. The summed E-state index contributed by atoms with van der Waals surface area (Å²) >= 11 is 18.9. The highest BCUT2D eigenvalue weighted by Gasteiger charge is 2.37. The molecule has 9 nitrogen and oxygen atoms in total. The van der Waals surface area contributed by atoms with Gasteiger partial charge in [0, 0.05) is 22.5 Å². The van der Waals surface area contributed by atoms with Crippen LogP contribution in [0, 0.1) is 5.41 Å². The van der Waals surface area contributed by atoms with Gasteiger partial charge in [-0.05, 0) is 44.7 Å². The van der Waals surface area contributed by atoms with Crippen LogP contribution < -0.4 is 16.4 Å². The molecule has 1 atom stereocenters. The Hall–Kier alpha value is -2.33. The summed E-state index contributed by atoms with van der Waals surface area (Å²) in [4.78, 5) is 25.7. The van der Waals surface area contributed by atoms with Crippen LogP contribution in [0.25, 0.3) is 11.2 Å². The second kappa shape index (κ2) is 9.73. The summed E-state index contributed by atoms with van der Waals surface area (Å²) in [5.41, 5.74) is 6.78. The van der Waals surface area contributed by atoms with Crippen molar-refractivity contribution >= 4 is 69.5 Å². The number of aromatic nitrogens is 4. The number of benzene rings is 1. The Balaban J connectivity index is 1.78. The fraction of sp³-hybridized carbons (Fsp3) is 0.455. The number of hydrogen-bond donors (Lipinski definition) is 4. The fourth-order valence-corrected chi connectivity index (χ4v) is 5.09. The van der Waals surface area contributed by atoms with Crippen LogP contribution in [0.2, 0.25) is 15.1 Å². The molecule has 1 fully saturated rings. The Labute approximate surface area is 212 Å². The number of rotatable bonds is 7. The average molecular weight is 527 g/mol. The fourth-order valence-electron chi connectivity index (χ4n) is 4.18. The number of primary amides is 1. The van der Waals surface area contributed by atoms with E-state index in [1.165, 1.54) is 0 Å². The van der Waals surface area contributed by atoms with Gasteiger partial charge >= 0.3 is 0 Å². The first-order chi connectivity index (χ1) is 16.1. The maximum Gasteiger partial charge on any atom is 0.225 e. The van der Waals surface area contributed by atoms with Gasteiger partial charge in [0.1, 0.15) is 5.52 Å². The molecule has 182 valence electrons. The molecule has 0 saturated heterocycles. The van der Waals surface area contributed by atoms with Crippen molar-refractivity contribution in [3.05, 3.63) is 33.4 Å². The standard InChI is InChI=1S/C22H26Cl3N7O2/c1-11(10-33)28-20-27-9-16-18(31-20)32(13-3-5-22(2,6-4-13)19(26)34)21(29-16)30-17-14(24)7-12(23)8-15(17)25/h7-9,11,13,33H,3-6,10H2,1-2H3,(H2,26,34)(H,29,30)(H,27,28,31). The highest BCUT2D eigenvalue weighted by atomic mass is 35.5. The van der Waals surface area contributed by atoms with E-state index in [2.05, 4.69) is 20.6 Å². The molecule has 1 aliphatic carbocycles. The number of hydrogen-bond acceptors (Lipinski definition) is 7. The molecule has 1 amide bonds. The maximum atomic E-state index is 12.0. The first-order valence-corrected chi connectivity index (χ1v) is 12.1. The molecule has 3 aromatic rings. The lowest BCUT2D eigenvalue weighted by atomic mass is 9.73. The average Bonchev–Trinajstić information content (AvgIpc) is 3.14. The van der Waals surface area contributed by atoms with Gasteiger partial charge in [-0.25, -0.2) is 9.97 Å². The van der Waals surface area contributed by atoms with Crippen LogP contribution in [-0.2, 0) is 4.79 Å². The van der Waals surface area contributed by atoms with Gasteiger partial charge in [-0.15, -0.1) is 0 Å². The third-order valence-corrected chi connectivity index (χ3v) is 7.16. The van der Waals surface area contributed by atoms with Crippen LogP contribution in [-0.4, -0.2) is 43.2 Å². The Kier molecular flexibility index (Phi) is 7.09. The number of aliphatic hydroxyl groups is 1. The molecule has 2 aromatic heterocycles. The largest absolute Gasteiger partial charge is 0.394 e. The monoisotopic (exact) mass is 525 g/mol. The minimum Gasteiger partial charge on any atom is -0.394 e. The lowest BCUT2D eigenvalue weighted by Crippen LogP contribution is -2.38. The van der Waals surface area contributed by atoms with E-state index < -0.39 is 5.41 Å². The van der Waals surface area contributed by atoms with Gasteiger partial charge in [-0.2, -0.15) is 4.98 Å². The number of halogens is 3. The van der Waals surface area contributed by atoms with Gasteiger partial charge in [0.2, 0.25) is 17.8 Å². The predicted molar refractivity (Wildman–Crippen MR) is 135 cm³/mol. The summed E-state index contributed by atoms with van der Waals surface area (Å²) in [6, 6.07) is 2.98. The summed E-state index contributed by atoms with van der Waals surface area (Å²) in [5.74, 6) is 0.587. The second-order valence-electron chi connectivity index (χ2n) is 8.96. The number of nitrogens with one attached hydrogen (secondary N) is 2. The van der Waals surface area contributed by atoms with Crippen molar-refractivity contribution in [3.8, 4) is 0 Å². The number of carbonyl (C=O) groups is 1. The van der Waals surface area contributed by atoms with Crippen molar-refractivity contribution in [2.45, 2.75) is 51.6 Å². The van der Waals surface area contributed by atoms with E-state index in [4.69, 9.17) is 45.5 Å². The molecular formula is C22H26Cl3N7O2. The van der Waals surface area contributed by atoms with Crippen LogP contribution in [0.3, 0.4) is 0 Å².